The molecule has 0 rings (SSSR count). The van der Waals surface area contributed by atoms with Crippen LogP contribution in [-0.2, 0) is 9.59 Å². The van der Waals surface area contributed by atoms with Crippen LogP contribution >= 0.6 is 31.9 Å². The highest BCUT2D eigenvalue weighted by Crippen LogP contribution is 2.13. The maximum absolute atomic E-state index is 11.5. The molecule has 26 heavy (non-hydrogen) atoms. The zero-order valence-corrected chi connectivity index (χ0v) is 19.8. The van der Waals surface area contributed by atoms with Crippen LogP contribution < -0.4 is 5.32 Å². The zero-order valence-electron chi connectivity index (χ0n) is 16.7. The third kappa shape index (κ3) is 19.0. The molecule has 0 aromatic rings. The Balaban J connectivity index is 3.32. The van der Waals surface area contributed by atoms with Crippen molar-refractivity contribution in [2.24, 2.45) is 0 Å². The molecule has 0 aliphatic rings. The molecule has 0 aromatic heterocycles. The summed E-state index contributed by atoms with van der Waals surface area (Å²) in [4.78, 5) is 22.4. The molecule has 5 heteroatoms. The van der Waals surface area contributed by atoms with Crippen LogP contribution in [0.25, 0.3) is 0 Å². The van der Waals surface area contributed by atoms with Gasteiger partial charge in [0.15, 0.2) is 4.69 Å². The highest BCUT2D eigenvalue weighted by atomic mass is 79.9. The van der Waals surface area contributed by atoms with Crippen LogP contribution in [-0.4, -0.2) is 22.0 Å². The third-order valence-corrected chi connectivity index (χ3v) is 5.77. The van der Waals surface area contributed by atoms with Gasteiger partial charge in [-0.3, -0.25) is 9.59 Å². The van der Waals surface area contributed by atoms with Crippen molar-refractivity contribution >= 4 is 41.2 Å². The summed E-state index contributed by atoms with van der Waals surface area (Å²) in [6.07, 6.45) is 19.8. The number of halogens is 2. The summed E-state index contributed by atoms with van der Waals surface area (Å²) in [5, 5.41) is 3.25. The first kappa shape index (κ1) is 26.3. The standard InChI is InChI=1S/C21H39Br2NO2/c1-2-3-4-5-6-7-8-9-10-11-12-13-14-15-18-24-19(21(23)26)16-17-20(22)25/h19,24H,2-18H2,1H3/t19-/m1/s1. The minimum atomic E-state index is -0.251. The Labute approximate surface area is 178 Å². The first-order valence-electron chi connectivity index (χ1n) is 10.7. The van der Waals surface area contributed by atoms with Crippen LogP contribution in [0, 0.1) is 0 Å². The van der Waals surface area contributed by atoms with E-state index in [0.717, 1.165) is 13.0 Å². The Morgan fingerprint density at radius 2 is 1.15 bits per heavy atom. The van der Waals surface area contributed by atoms with E-state index in [1.165, 1.54) is 83.5 Å². The Morgan fingerprint density at radius 3 is 1.54 bits per heavy atom. The number of nitrogens with one attached hydrogen (secondary N) is 1. The zero-order chi connectivity index (χ0) is 19.5. The molecular weight excluding hydrogens is 458 g/mol. The third-order valence-electron chi connectivity index (χ3n) is 4.82. The molecule has 0 aromatic carbocycles. The molecule has 0 saturated heterocycles. The van der Waals surface area contributed by atoms with Crippen LogP contribution in [0.2, 0.25) is 0 Å². The van der Waals surface area contributed by atoms with Crippen molar-refractivity contribution in [1.82, 2.24) is 5.32 Å². The van der Waals surface area contributed by atoms with Crippen molar-refractivity contribution in [1.29, 1.82) is 0 Å². The second kappa shape index (κ2) is 20.0. The van der Waals surface area contributed by atoms with Crippen molar-refractivity contribution in [2.75, 3.05) is 6.54 Å². The van der Waals surface area contributed by atoms with Gasteiger partial charge in [-0.05, 0) is 51.2 Å². The molecule has 1 N–H and O–H groups in total. The average molecular weight is 497 g/mol. The van der Waals surface area contributed by atoms with Gasteiger partial charge in [-0.15, -0.1) is 0 Å². The monoisotopic (exact) mass is 495 g/mol. The second-order valence-electron chi connectivity index (χ2n) is 7.30. The van der Waals surface area contributed by atoms with Crippen LogP contribution in [0.5, 0.6) is 0 Å². The number of unbranched alkanes of at least 4 members (excludes halogenated alkanes) is 13. The van der Waals surface area contributed by atoms with Crippen LogP contribution in [0.15, 0.2) is 0 Å². The molecule has 3 nitrogen and oxygen atoms in total. The summed E-state index contributed by atoms with van der Waals surface area (Å²) in [5.41, 5.74) is 0. The largest absolute Gasteiger partial charge is 0.307 e. The predicted molar refractivity (Wildman–Crippen MR) is 119 cm³/mol. The predicted octanol–water partition coefficient (Wildman–Crippen LogP) is 7.05. The minimum absolute atomic E-state index is 0.0467. The highest BCUT2D eigenvalue weighted by Gasteiger charge is 2.15. The molecule has 0 bridgehead atoms. The van der Waals surface area contributed by atoms with E-state index >= 15 is 0 Å². The molecule has 0 aliphatic carbocycles. The lowest BCUT2D eigenvalue weighted by Crippen LogP contribution is -2.35. The van der Waals surface area contributed by atoms with E-state index in [0.29, 0.717) is 12.8 Å². The SMILES string of the molecule is CCCCCCCCCCCCCCCCN[C@H](CCC(=O)Br)C(=O)Br. The Morgan fingerprint density at radius 1 is 0.731 bits per heavy atom. The van der Waals surface area contributed by atoms with Crippen LogP contribution in [0.3, 0.4) is 0 Å². The quantitative estimate of drug-likeness (QED) is 0.145. The molecule has 0 radical (unpaired) electrons. The molecule has 154 valence electrons. The van der Waals surface area contributed by atoms with Gasteiger partial charge in [0, 0.05) is 6.42 Å². The van der Waals surface area contributed by atoms with E-state index in [1.54, 1.807) is 0 Å². The lowest BCUT2D eigenvalue weighted by molar-refractivity contribution is -0.113. The van der Waals surface area contributed by atoms with Crippen LogP contribution in [0.4, 0.5) is 0 Å². The van der Waals surface area contributed by atoms with Gasteiger partial charge in [0.1, 0.15) is 0 Å². The highest BCUT2D eigenvalue weighted by molar-refractivity contribution is 9.18. The number of hydrogen-bond acceptors (Lipinski definition) is 3. The van der Waals surface area contributed by atoms with E-state index in [1.807, 2.05) is 0 Å². The summed E-state index contributed by atoms with van der Waals surface area (Å²) >= 11 is 5.92. The first-order valence-corrected chi connectivity index (χ1v) is 12.3. The van der Waals surface area contributed by atoms with E-state index in [9.17, 15) is 9.59 Å². The van der Waals surface area contributed by atoms with Crippen molar-refractivity contribution < 1.29 is 9.59 Å². The molecule has 0 heterocycles. The molecular formula is C21H39Br2NO2. The Kier molecular flexibility index (Phi) is 20.2. The molecule has 0 spiro atoms. The lowest BCUT2D eigenvalue weighted by Gasteiger charge is -2.13. The summed E-state index contributed by atoms with van der Waals surface area (Å²) in [5.74, 6) is 0. The summed E-state index contributed by atoms with van der Waals surface area (Å²) in [7, 11) is 0. The number of carbonyl (C=O) groups excluding carboxylic acids is 2. The maximum atomic E-state index is 11.5. The number of carbonyl (C=O) groups is 2. The van der Waals surface area contributed by atoms with Gasteiger partial charge < -0.3 is 5.32 Å². The molecule has 0 aliphatic heterocycles. The van der Waals surface area contributed by atoms with Gasteiger partial charge in [-0.25, -0.2) is 0 Å². The van der Waals surface area contributed by atoms with Gasteiger partial charge in [0.2, 0.25) is 4.69 Å². The molecule has 0 amide bonds. The fourth-order valence-corrected chi connectivity index (χ4v) is 3.77. The molecule has 0 fully saturated rings. The lowest BCUT2D eigenvalue weighted by atomic mass is 10.0. The van der Waals surface area contributed by atoms with Gasteiger partial charge in [0.05, 0.1) is 6.04 Å². The van der Waals surface area contributed by atoms with Crippen LogP contribution in [0.1, 0.15) is 110 Å². The Hall–Kier alpha value is 0.260. The number of rotatable bonds is 20. The van der Waals surface area contributed by atoms with E-state index in [-0.39, 0.29) is 15.4 Å². The van der Waals surface area contributed by atoms with E-state index in [2.05, 4.69) is 44.1 Å². The first-order chi connectivity index (χ1) is 12.6. The molecule has 0 unspecified atom stereocenters. The Bertz CT molecular complexity index is 351. The molecule has 0 saturated carbocycles. The summed E-state index contributed by atoms with van der Waals surface area (Å²) in [6, 6.07) is -0.251. The smallest absolute Gasteiger partial charge is 0.214 e. The average Bonchev–Trinajstić information content (AvgIpc) is 2.60. The normalized spacial score (nSPS) is 12.3. The van der Waals surface area contributed by atoms with Gasteiger partial charge in [0.25, 0.3) is 0 Å². The molecule has 1 atom stereocenters. The van der Waals surface area contributed by atoms with Crippen molar-refractivity contribution in [2.45, 2.75) is 116 Å². The van der Waals surface area contributed by atoms with Gasteiger partial charge >= 0.3 is 0 Å². The number of hydrogen-bond donors (Lipinski definition) is 1. The second-order valence-corrected chi connectivity index (χ2v) is 8.97. The summed E-state index contributed by atoms with van der Waals surface area (Å²) < 4.78 is -0.105. The van der Waals surface area contributed by atoms with Crippen molar-refractivity contribution in [3.05, 3.63) is 0 Å². The van der Waals surface area contributed by atoms with Crippen molar-refractivity contribution in [3.8, 4) is 0 Å². The van der Waals surface area contributed by atoms with Gasteiger partial charge in [-0.2, -0.15) is 0 Å². The minimum Gasteiger partial charge on any atom is -0.307 e. The van der Waals surface area contributed by atoms with E-state index in [4.69, 9.17) is 0 Å². The fourth-order valence-electron chi connectivity index (χ4n) is 3.15. The van der Waals surface area contributed by atoms with Crippen molar-refractivity contribution in [3.63, 3.8) is 0 Å². The van der Waals surface area contributed by atoms with E-state index < -0.39 is 0 Å². The maximum Gasteiger partial charge on any atom is 0.214 e. The topological polar surface area (TPSA) is 46.2 Å². The fraction of sp³-hybridized carbons (Fsp3) is 0.905. The summed E-state index contributed by atoms with van der Waals surface area (Å²) in [6.45, 7) is 3.11. The van der Waals surface area contributed by atoms with Gasteiger partial charge in [-0.1, -0.05) is 90.4 Å².